The average Bonchev–Trinajstić information content (AvgIpc) is 2.97. The number of rotatable bonds is 9. The van der Waals surface area contributed by atoms with Gasteiger partial charge in [0.25, 0.3) is 0 Å². The molecule has 3 N–H and O–H groups in total. The molecular weight excluding hydrogens is 455 g/mol. The van der Waals surface area contributed by atoms with Crippen LogP contribution in [0.15, 0.2) is 29.3 Å². The van der Waals surface area contributed by atoms with Crippen molar-refractivity contribution in [1.29, 1.82) is 0 Å². The van der Waals surface area contributed by atoms with Crippen LogP contribution in [0.2, 0.25) is 0 Å². The molecule has 8 heteroatoms. The van der Waals surface area contributed by atoms with Crippen LogP contribution < -0.4 is 16.0 Å². The molecule has 2 aromatic rings. The summed E-state index contributed by atoms with van der Waals surface area (Å²) in [6.45, 7) is 7.08. The number of nitrogens with one attached hydrogen (secondary N) is 3. The molecule has 0 unspecified atom stereocenters. The number of aryl methyl sites for hydroxylation is 2. The Morgan fingerprint density at radius 3 is 2.63 bits per heavy atom. The first-order chi connectivity index (χ1) is 12.7. The Kier molecular flexibility index (Phi) is 10.8. The molecule has 0 fully saturated rings. The van der Waals surface area contributed by atoms with Gasteiger partial charge in [-0.15, -0.1) is 24.0 Å². The fraction of sp³-hybridized carbons (Fsp3) is 0.526. The highest BCUT2D eigenvalue weighted by Gasteiger charge is 2.06. The molecule has 1 aromatic heterocycles. The lowest BCUT2D eigenvalue weighted by molar-refractivity contribution is -0.120. The quantitative estimate of drug-likeness (QED) is 0.220. The van der Waals surface area contributed by atoms with Crippen molar-refractivity contribution in [2.45, 2.75) is 39.7 Å². The maximum absolute atomic E-state index is 11.6. The number of aliphatic imine (C=N–C) groups is 1. The fourth-order valence-corrected chi connectivity index (χ4v) is 2.79. The van der Waals surface area contributed by atoms with Crippen molar-refractivity contribution in [3.8, 4) is 0 Å². The summed E-state index contributed by atoms with van der Waals surface area (Å²) >= 11 is 0. The van der Waals surface area contributed by atoms with E-state index in [0.29, 0.717) is 13.0 Å². The van der Waals surface area contributed by atoms with Crippen LogP contribution in [0.1, 0.15) is 32.0 Å². The number of fused-ring (bicyclic) bond motifs is 1. The zero-order valence-electron chi connectivity index (χ0n) is 16.4. The molecule has 0 bridgehead atoms. The number of hydrogen-bond acceptors (Lipinski definition) is 3. The van der Waals surface area contributed by atoms with Gasteiger partial charge in [0.05, 0.1) is 11.0 Å². The minimum Gasteiger partial charge on any atom is -0.356 e. The van der Waals surface area contributed by atoms with Gasteiger partial charge in [-0.2, -0.15) is 0 Å². The molecular formula is C19H31IN6O. The molecule has 27 heavy (non-hydrogen) atoms. The first-order valence-corrected chi connectivity index (χ1v) is 9.28. The predicted octanol–water partition coefficient (Wildman–Crippen LogP) is 2.43. The number of carbonyl (C=O) groups is 1. The summed E-state index contributed by atoms with van der Waals surface area (Å²) in [5.74, 6) is 1.82. The summed E-state index contributed by atoms with van der Waals surface area (Å²) in [6, 6.07) is 8.20. The van der Waals surface area contributed by atoms with Crippen LogP contribution >= 0.6 is 24.0 Å². The molecule has 0 radical (unpaired) electrons. The minimum atomic E-state index is 0. The van der Waals surface area contributed by atoms with Crippen LogP contribution in [-0.4, -0.2) is 48.1 Å². The number of halogens is 1. The van der Waals surface area contributed by atoms with E-state index in [1.165, 1.54) is 5.52 Å². The molecule has 0 aliphatic rings. The molecule has 0 aliphatic heterocycles. The van der Waals surface area contributed by atoms with Gasteiger partial charge >= 0.3 is 0 Å². The van der Waals surface area contributed by atoms with Crippen molar-refractivity contribution < 1.29 is 4.79 Å². The monoisotopic (exact) mass is 486 g/mol. The van der Waals surface area contributed by atoms with Crippen molar-refractivity contribution in [1.82, 2.24) is 25.5 Å². The number of hydrogen-bond donors (Lipinski definition) is 3. The number of amides is 1. The lowest BCUT2D eigenvalue weighted by Gasteiger charge is -2.12. The van der Waals surface area contributed by atoms with Gasteiger partial charge in [-0.3, -0.25) is 9.79 Å². The molecule has 0 saturated carbocycles. The van der Waals surface area contributed by atoms with Crippen molar-refractivity contribution in [2.24, 2.45) is 4.99 Å². The summed E-state index contributed by atoms with van der Waals surface area (Å²) in [6.07, 6.45) is 2.36. The highest BCUT2D eigenvalue weighted by Crippen LogP contribution is 2.15. The Balaban J connectivity index is 0.00000364. The smallest absolute Gasteiger partial charge is 0.221 e. The third kappa shape index (κ3) is 7.36. The maximum Gasteiger partial charge on any atom is 0.221 e. The van der Waals surface area contributed by atoms with E-state index in [9.17, 15) is 4.79 Å². The number of carbonyl (C=O) groups excluding carboxylic acids is 1. The van der Waals surface area contributed by atoms with E-state index < -0.39 is 0 Å². The molecule has 1 aromatic carbocycles. The van der Waals surface area contributed by atoms with Crippen LogP contribution in [0.5, 0.6) is 0 Å². The second-order valence-corrected chi connectivity index (χ2v) is 6.18. The largest absolute Gasteiger partial charge is 0.356 e. The molecule has 1 amide bonds. The Morgan fingerprint density at radius 1 is 1.15 bits per heavy atom. The van der Waals surface area contributed by atoms with Gasteiger partial charge in [-0.25, -0.2) is 4.98 Å². The average molecular weight is 486 g/mol. The maximum atomic E-state index is 11.6. The Morgan fingerprint density at radius 2 is 1.89 bits per heavy atom. The standard InChI is InChI=1S/C19H30N6O.HI/c1-4-11-21-18(26)10-13-23-19(20-3)22-12-7-14-25-15(2)24-16-8-5-6-9-17(16)25;/h5-6,8-9H,4,7,10-14H2,1-3H3,(H,21,26)(H2,20,22,23);1H. The molecule has 2 rings (SSSR count). The van der Waals surface area contributed by atoms with Gasteiger partial charge in [-0.1, -0.05) is 19.1 Å². The number of imidazole rings is 1. The summed E-state index contributed by atoms with van der Waals surface area (Å²) < 4.78 is 2.24. The van der Waals surface area contributed by atoms with Gasteiger partial charge < -0.3 is 20.5 Å². The number of nitrogens with zero attached hydrogens (tertiary/aromatic N) is 3. The van der Waals surface area contributed by atoms with E-state index in [1.54, 1.807) is 7.05 Å². The van der Waals surface area contributed by atoms with Gasteiger partial charge in [0.2, 0.25) is 5.91 Å². The van der Waals surface area contributed by atoms with Crippen LogP contribution in [0, 0.1) is 6.92 Å². The van der Waals surface area contributed by atoms with Gasteiger partial charge in [0.1, 0.15) is 5.82 Å². The third-order valence-electron chi connectivity index (χ3n) is 4.14. The summed E-state index contributed by atoms with van der Waals surface area (Å²) in [5.41, 5.74) is 2.21. The minimum absolute atomic E-state index is 0. The van der Waals surface area contributed by atoms with Crippen LogP contribution in [0.25, 0.3) is 11.0 Å². The number of guanidine groups is 1. The first-order valence-electron chi connectivity index (χ1n) is 9.28. The second kappa shape index (κ2) is 12.5. The van der Waals surface area contributed by atoms with E-state index in [-0.39, 0.29) is 29.9 Å². The van der Waals surface area contributed by atoms with E-state index in [4.69, 9.17) is 0 Å². The SMILES string of the molecule is CCCNC(=O)CCNC(=NC)NCCCn1c(C)nc2ccccc21.I. The normalized spacial score (nSPS) is 11.1. The molecule has 7 nitrogen and oxygen atoms in total. The van der Waals surface area contributed by atoms with E-state index in [2.05, 4.69) is 36.6 Å². The number of aromatic nitrogens is 2. The van der Waals surface area contributed by atoms with E-state index in [0.717, 1.165) is 49.8 Å². The van der Waals surface area contributed by atoms with Gasteiger partial charge in [-0.05, 0) is 31.9 Å². The van der Waals surface area contributed by atoms with Crippen LogP contribution in [0.3, 0.4) is 0 Å². The van der Waals surface area contributed by atoms with Crippen LogP contribution in [-0.2, 0) is 11.3 Å². The van der Waals surface area contributed by atoms with Crippen molar-refractivity contribution in [2.75, 3.05) is 26.7 Å². The third-order valence-corrected chi connectivity index (χ3v) is 4.14. The van der Waals surface area contributed by atoms with Crippen molar-refractivity contribution in [3.63, 3.8) is 0 Å². The van der Waals surface area contributed by atoms with Crippen molar-refractivity contribution >= 4 is 46.9 Å². The fourth-order valence-electron chi connectivity index (χ4n) is 2.79. The summed E-state index contributed by atoms with van der Waals surface area (Å²) in [5, 5.41) is 9.32. The van der Waals surface area contributed by atoms with Gasteiger partial charge in [0, 0.05) is 39.6 Å². The zero-order valence-corrected chi connectivity index (χ0v) is 18.7. The molecule has 150 valence electrons. The second-order valence-electron chi connectivity index (χ2n) is 6.18. The highest BCUT2D eigenvalue weighted by molar-refractivity contribution is 14.0. The lowest BCUT2D eigenvalue weighted by Crippen LogP contribution is -2.40. The van der Waals surface area contributed by atoms with E-state index >= 15 is 0 Å². The predicted molar refractivity (Wildman–Crippen MR) is 122 cm³/mol. The van der Waals surface area contributed by atoms with Crippen molar-refractivity contribution in [3.05, 3.63) is 30.1 Å². The van der Waals surface area contributed by atoms with Gasteiger partial charge in [0.15, 0.2) is 5.96 Å². The summed E-state index contributed by atoms with van der Waals surface area (Å²) in [7, 11) is 1.74. The topological polar surface area (TPSA) is 83.3 Å². The number of para-hydroxylation sites is 2. The Bertz CT molecular complexity index is 743. The Labute approximate surface area is 178 Å². The Hall–Kier alpha value is -1.84. The zero-order chi connectivity index (χ0) is 18.8. The lowest BCUT2D eigenvalue weighted by atomic mass is 10.3. The molecule has 0 atom stereocenters. The first kappa shape index (κ1) is 23.2. The number of benzene rings is 1. The van der Waals surface area contributed by atoms with Crippen LogP contribution in [0.4, 0.5) is 0 Å². The van der Waals surface area contributed by atoms with E-state index in [1.807, 2.05) is 32.0 Å². The molecule has 0 spiro atoms. The molecule has 1 heterocycles. The highest BCUT2D eigenvalue weighted by atomic mass is 127. The summed E-state index contributed by atoms with van der Waals surface area (Å²) in [4.78, 5) is 20.4. The molecule has 0 saturated heterocycles. The molecule has 0 aliphatic carbocycles.